The molecule has 0 spiro atoms. The first-order chi connectivity index (χ1) is 17.3. The fourth-order valence-electron chi connectivity index (χ4n) is 10.0. The Labute approximate surface area is 219 Å². The van der Waals surface area contributed by atoms with Crippen LogP contribution in [0.3, 0.4) is 0 Å². The topological polar surface area (TPSA) is 0 Å². The first-order valence-corrected chi connectivity index (χ1v) is 17.3. The summed E-state index contributed by atoms with van der Waals surface area (Å²) in [6.07, 6.45) is 39.6. The van der Waals surface area contributed by atoms with E-state index >= 15 is 0 Å². The van der Waals surface area contributed by atoms with Crippen LogP contribution < -0.4 is 0 Å². The Morgan fingerprint density at radius 3 is 1.17 bits per heavy atom. The molecule has 6 aliphatic rings. The molecule has 2 unspecified atom stereocenters. The van der Waals surface area contributed by atoms with Crippen LogP contribution in [0.5, 0.6) is 0 Å². The van der Waals surface area contributed by atoms with Crippen molar-refractivity contribution in [2.45, 2.75) is 161 Å². The predicted octanol–water partition coefficient (Wildman–Crippen LogP) is 11.0. The van der Waals surface area contributed by atoms with E-state index in [2.05, 4.69) is 0 Å². The lowest BCUT2D eigenvalue weighted by Crippen LogP contribution is -2.37. The van der Waals surface area contributed by atoms with Gasteiger partial charge in [-0.25, -0.2) is 0 Å². The second-order valence-electron chi connectivity index (χ2n) is 15.2. The fourth-order valence-corrected chi connectivity index (χ4v) is 10.0. The van der Waals surface area contributed by atoms with Crippen LogP contribution in [0, 0.1) is 59.2 Å². The monoisotopic (exact) mass is 480 g/mol. The van der Waals surface area contributed by atoms with Gasteiger partial charge in [0.2, 0.25) is 0 Å². The molecular formula is C35H60. The van der Waals surface area contributed by atoms with Gasteiger partial charge in [0.05, 0.1) is 0 Å². The first kappa shape index (κ1) is 25.3. The van der Waals surface area contributed by atoms with Crippen molar-refractivity contribution in [1.29, 1.82) is 0 Å². The van der Waals surface area contributed by atoms with Gasteiger partial charge < -0.3 is 0 Å². The van der Waals surface area contributed by atoms with Gasteiger partial charge in [0.25, 0.3) is 0 Å². The van der Waals surface area contributed by atoms with Crippen molar-refractivity contribution in [1.82, 2.24) is 0 Å². The summed E-state index contributed by atoms with van der Waals surface area (Å²) < 4.78 is 0. The van der Waals surface area contributed by atoms with Gasteiger partial charge in [0.1, 0.15) is 0 Å². The molecule has 0 bridgehead atoms. The summed E-state index contributed by atoms with van der Waals surface area (Å²) in [5.74, 6) is 11.2. The van der Waals surface area contributed by atoms with Gasteiger partial charge >= 0.3 is 0 Å². The summed E-state index contributed by atoms with van der Waals surface area (Å²) in [6.45, 7) is 0. The van der Waals surface area contributed by atoms with E-state index in [0.29, 0.717) is 0 Å². The molecular weight excluding hydrogens is 420 g/mol. The summed E-state index contributed by atoms with van der Waals surface area (Å²) >= 11 is 0. The van der Waals surface area contributed by atoms with Gasteiger partial charge in [0.15, 0.2) is 0 Å². The zero-order valence-corrected chi connectivity index (χ0v) is 23.5. The van der Waals surface area contributed by atoms with Crippen LogP contribution in [0.1, 0.15) is 161 Å². The molecule has 35 heavy (non-hydrogen) atoms. The maximum atomic E-state index is 1.63. The maximum Gasteiger partial charge on any atom is -0.0380 e. The molecule has 0 heterocycles. The molecule has 6 rings (SSSR count). The molecule has 0 nitrogen and oxygen atoms in total. The van der Waals surface area contributed by atoms with Crippen molar-refractivity contribution in [3.05, 3.63) is 0 Å². The van der Waals surface area contributed by atoms with Gasteiger partial charge in [0, 0.05) is 0 Å². The average Bonchev–Trinajstić information content (AvgIpc) is 3.78. The molecule has 6 aliphatic carbocycles. The third-order valence-corrected chi connectivity index (χ3v) is 12.9. The summed E-state index contributed by atoms with van der Waals surface area (Å²) in [5, 5.41) is 0. The minimum absolute atomic E-state index is 1.10. The standard InChI is InChI=1S/C35H60/c1-2-6-29(7-3-1)34-24-35(25-34)33-22-20-32(21-23-33)28-8-4-10-30(18-16-26-12-13-26)31(11-5-9-28)19-17-27-14-15-27/h26-35H,1-25H2. The summed E-state index contributed by atoms with van der Waals surface area (Å²) in [7, 11) is 0. The SMILES string of the molecule is C1CCC(C2CC(C3CCC(C4CCCC(CCC5CC5)C(CCC5CC5)CCC4)CC3)C2)CC1. The quantitative estimate of drug-likeness (QED) is 0.308. The number of hydrogen-bond acceptors (Lipinski definition) is 0. The van der Waals surface area contributed by atoms with E-state index in [1.165, 1.54) is 6.42 Å². The van der Waals surface area contributed by atoms with Gasteiger partial charge in [-0.2, -0.15) is 0 Å². The Morgan fingerprint density at radius 2 is 0.686 bits per heavy atom. The number of hydrogen-bond donors (Lipinski definition) is 0. The Bertz CT molecular complexity index is 580. The lowest BCUT2D eigenvalue weighted by atomic mass is 9.58. The van der Waals surface area contributed by atoms with E-state index in [4.69, 9.17) is 0 Å². The molecule has 0 radical (unpaired) electrons. The third kappa shape index (κ3) is 7.11. The van der Waals surface area contributed by atoms with E-state index in [-0.39, 0.29) is 0 Å². The smallest absolute Gasteiger partial charge is 0.0380 e. The largest absolute Gasteiger partial charge is 0.0533 e. The highest BCUT2D eigenvalue weighted by molar-refractivity contribution is 4.92. The summed E-state index contributed by atoms with van der Waals surface area (Å²) in [6, 6.07) is 0. The van der Waals surface area contributed by atoms with E-state index in [1.54, 1.807) is 154 Å². The Balaban J connectivity index is 0.946. The Kier molecular flexibility index (Phi) is 8.84. The zero-order chi connectivity index (χ0) is 23.5. The van der Waals surface area contributed by atoms with Crippen LogP contribution in [-0.2, 0) is 0 Å². The lowest BCUT2D eigenvalue weighted by molar-refractivity contribution is 0.0319. The van der Waals surface area contributed by atoms with Crippen molar-refractivity contribution < 1.29 is 0 Å². The van der Waals surface area contributed by atoms with E-state index in [1.807, 2.05) is 0 Å². The molecule has 6 fully saturated rings. The third-order valence-electron chi connectivity index (χ3n) is 12.9. The highest BCUT2D eigenvalue weighted by Gasteiger charge is 2.41. The molecule has 0 N–H and O–H groups in total. The van der Waals surface area contributed by atoms with Gasteiger partial charge in [-0.3, -0.25) is 0 Å². The molecule has 0 aromatic rings. The van der Waals surface area contributed by atoms with Crippen LogP contribution in [-0.4, -0.2) is 0 Å². The Hall–Kier alpha value is 0. The molecule has 0 amide bonds. The summed E-state index contributed by atoms with van der Waals surface area (Å²) in [4.78, 5) is 0. The molecule has 0 aromatic heterocycles. The normalized spacial score (nSPS) is 42.0. The van der Waals surface area contributed by atoms with Crippen LogP contribution in [0.4, 0.5) is 0 Å². The van der Waals surface area contributed by atoms with Crippen molar-refractivity contribution in [3.63, 3.8) is 0 Å². The molecule has 6 saturated carbocycles. The van der Waals surface area contributed by atoms with Gasteiger partial charge in [-0.1, -0.05) is 109 Å². The lowest BCUT2D eigenvalue weighted by Gasteiger charge is -2.47. The van der Waals surface area contributed by atoms with Crippen LogP contribution in [0.2, 0.25) is 0 Å². The highest BCUT2D eigenvalue weighted by Crippen LogP contribution is 2.52. The first-order valence-electron chi connectivity index (χ1n) is 17.3. The molecule has 0 aromatic carbocycles. The molecule has 200 valence electrons. The molecule has 2 atom stereocenters. The van der Waals surface area contributed by atoms with Gasteiger partial charge in [-0.05, 0) is 111 Å². The average molecular weight is 481 g/mol. The van der Waals surface area contributed by atoms with Crippen molar-refractivity contribution in [3.8, 4) is 0 Å². The van der Waals surface area contributed by atoms with E-state index in [9.17, 15) is 0 Å². The predicted molar refractivity (Wildman–Crippen MR) is 150 cm³/mol. The van der Waals surface area contributed by atoms with Crippen LogP contribution in [0.15, 0.2) is 0 Å². The van der Waals surface area contributed by atoms with Gasteiger partial charge in [-0.15, -0.1) is 0 Å². The highest BCUT2D eigenvalue weighted by atomic mass is 14.5. The van der Waals surface area contributed by atoms with Crippen molar-refractivity contribution in [2.75, 3.05) is 0 Å². The van der Waals surface area contributed by atoms with Crippen molar-refractivity contribution in [2.24, 2.45) is 59.2 Å². The molecule has 0 saturated heterocycles. The van der Waals surface area contributed by atoms with Crippen LogP contribution in [0.25, 0.3) is 0 Å². The minimum Gasteiger partial charge on any atom is -0.0533 e. The minimum atomic E-state index is 1.10. The molecule has 0 aliphatic heterocycles. The van der Waals surface area contributed by atoms with E-state index in [0.717, 1.165) is 59.2 Å². The Morgan fingerprint density at radius 1 is 0.286 bits per heavy atom. The van der Waals surface area contributed by atoms with Crippen molar-refractivity contribution >= 4 is 0 Å². The fraction of sp³-hybridized carbons (Fsp3) is 1.00. The second-order valence-corrected chi connectivity index (χ2v) is 15.2. The van der Waals surface area contributed by atoms with Crippen LogP contribution >= 0.6 is 0 Å². The summed E-state index contributed by atoms with van der Waals surface area (Å²) in [5.41, 5.74) is 0. The second kappa shape index (κ2) is 12.2. The number of rotatable bonds is 9. The van der Waals surface area contributed by atoms with E-state index < -0.39 is 0 Å². The maximum absolute atomic E-state index is 1.63. The zero-order valence-electron chi connectivity index (χ0n) is 23.5. The molecule has 0 heteroatoms.